The van der Waals surface area contributed by atoms with E-state index in [1.807, 2.05) is 4.90 Å². The molecule has 1 saturated heterocycles. The van der Waals surface area contributed by atoms with Gasteiger partial charge in [0.05, 0.1) is 6.04 Å². The Kier molecular flexibility index (Phi) is 3.85. The highest BCUT2D eigenvalue weighted by Gasteiger charge is 2.44. The van der Waals surface area contributed by atoms with Crippen molar-refractivity contribution < 1.29 is 8.78 Å². The normalized spacial score (nSPS) is 26.3. The summed E-state index contributed by atoms with van der Waals surface area (Å²) in [7, 11) is 0. The highest BCUT2D eigenvalue weighted by molar-refractivity contribution is 5.78. The number of piperazine rings is 1. The molecule has 114 valence electrons. The molecule has 1 aliphatic heterocycles. The summed E-state index contributed by atoms with van der Waals surface area (Å²) in [5.41, 5.74) is 5.92. The van der Waals surface area contributed by atoms with E-state index < -0.39 is 12.3 Å². The molecular weight excluding hydrogens is 278 g/mol. The van der Waals surface area contributed by atoms with Crippen LogP contribution in [0.4, 0.5) is 14.7 Å². The lowest BCUT2D eigenvalue weighted by Crippen LogP contribution is -2.51. The van der Waals surface area contributed by atoms with Gasteiger partial charge in [0.1, 0.15) is 0 Å². The standard InChI is InChI=1S/C13H18F2N6/c14-11(15)9-8-10(9)19-12(16)20-4-6-21(7-5-20)13-17-2-1-3-18-13/h1-3,9-11H,4-8H2,(H2,16,19)/t9-,10-/m0/s1. The first-order chi connectivity index (χ1) is 10.1. The van der Waals surface area contributed by atoms with E-state index in [4.69, 9.17) is 5.73 Å². The third kappa shape index (κ3) is 3.20. The summed E-state index contributed by atoms with van der Waals surface area (Å²) in [6.45, 7) is 2.87. The fourth-order valence-corrected chi connectivity index (χ4v) is 2.46. The first-order valence-electron chi connectivity index (χ1n) is 7.03. The second-order valence-electron chi connectivity index (χ2n) is 5.31. The highest BCUT2D eigenvalue weighted by atomic mass is 19.3. The Bertz CT molecular complexity index is 501. The molecule has 2 fully saturated rings. The van der Waals surface area contributed by atoms with E-state index in [2.05, 4.69) is 19.9 Å². The number of nitrogens with zero attached hydrogens (tertiary/aromatic N) is 5. The fourth-order valence-electron chi connectivity index (χ4n) is 2.46. The van der Waals surface area contributed by atoms with Crippen molar-refractivity contribution >= 4 is 11.9 Å². The topological polar surface area (TPSA) is 70.6 Å². The number of aromatic nitrogens is 2. The number of rotatable bonds is 3. The number of alkyl halides is 2. The van der Waals surface area contributed by atoms with Crippen molar-refractivity contribution in [3.63, 3.8) is 0 Å². The summed E-state index contributed by atoms with van der Waals surface area (Å²) in [6.07, 6.45) is 1.57. The van der Waals surface area contributed by atoms with Crippen molar-refractivity contribution in [2.24, 2.45) is 16.6 Å². The molecule has 1 aromatic heterocycles. The molecule has 2 heterocycles. The zero-order valence-electron chi connectivity index (χ0n) is 11.6. The average molecular weight is 296 g/mol. The van der Waals surface area contributed by atoms with E-state index in [0.29, 0.717) is 31.4 Å². The van der Waals surface area contributed by atoms with E-state index in [1.54, 1.807) is 18.5 Å². The smallest absolute Gasteiger partial charge is 0.243 e. The van der Waals surface area contributed by atoms with Crippen LogP contribution in [0, 0.1) is 5.92 Å². The van der Waals surface area contributed by atoms with Crippen LogP contribution in [0.1, 0.15) is 6.42 Å². The van der Waals surface area contributed by atoms with Gasteiger partial charge in [-0.05, 0) is 12.5 Å². The Labute approximate surface area is 121 Å². The van der Waals surface area contributed by atoms with Crippen LogP contribution in [0.25, 0.3) is 0 Å². The van der Waals surface area contributed by atoms with Gasteiger partial charge in [-0.1, -0.05) is 0 Å². The van der Waals surface area contributed by atoms with Crippen LogP contribution in [0.5, 0.6) is 0 Å². The number of guanidine groups is 1. The van der Waals surface area contributed by atoms with Crippen molar-refractivity contribution in [3.05, 3.63) is 18.5 Å². The lowest BCUT2D eigenvalue weighted by Gasteiger charge is -2.35. The molecular formula is C13H18F2N6. The quantitative estimate of drug-likeness (QED) is 0.652. The Morgan fingerprint density at radius 2 is 1.90 bits per heavy atom. The lowest BCUT2D eigenvalue weighted by atomic mass is 10.3. The van der Waals surface area contributed by atoms with Crippen LogP contribution in [0.2, 0.25) is 0 Å². The maximum Gasteiger partial charge on any atom is 0.243 e. The fraction of sp³-hybridized carbons (Fsp3) is 0.615. The Morgan fingerprint density at radius 1 is 1.24 bits per heavy atom. The number of anilines is 1. The van der Waals surface area contributed by atoms with Crippen molar-refractivity contribution in [2.75, 3.05) is 31.1 Å². The minimum atomic E-state index is -2.29. The molecule has 0 bridgehead atoms. The van der Waals surface area contributed by atoms with Gasteiger partial charge in [0, 0.05) is 44.5 Å². The van der Waals surface area contributed by atoms with E-state index in [-0.39, 0.29) is 6.04 Å². The van der Waals surface area contributed by atoms with Crippen molar-refractivity contribution in [3.8, 4) is 0 Å². The summed E-state index contributed by atoms with van der Waals surface area (Å²) in [4.78, 5) is 16.6. The summed E-state index contributed by atoms with van der Waals surface area (Å²) in [5, 5.41) is 0. The minimum absolute atomic E-state index is 0.305. The first kappa shape index (κ1) is 14.0. The Hall–Kier alpha value is -1.99. The van der Waals surface area contributed by atoms with Gasteiger partial charge in [-0.25, -0.2) is 23.7 Å². The van der Waals surface area contributed by atoms with Gasteiger partial charge in [-0.3, -0.25) is 0 Å². The molecule has 0 unspecified atom stereocenters. The van der Waals surface area contributed by atoms with Crippen LogP contribution in [-0.2, 0) is 0 Å². The second-order valence-corrected chi connectivity index (χ2v) is 5.31. The van der Waals surface area contributed by atoms with Gasteiger partial charge in [0.25, 0.3) is 0 Å². The molecule has 8 heteroatoms. The van der Waals surface area contributed by atoms with Crippen LogP contribution in [0.15, 0.2) is 23.5 Å². The number of aliphatic imine (C=N–C) groups is 1. The highest BCUT2D eigenvalue weighted by Crippen LogP contribution is 2.39. The van der Waals surface area contributed by atoms with Gasteiger partial charge in [-0.2, -0.15) is 0 Å². The molecule has 3 rings (SSSR count). The summed E-state index contributed by atoms with van der Waals surface area (Å²) >= 11 is 0. The van der Waals surface area contributed by atoms with Gasteiger partial charge >= 0.3 is 0 Å². The van der Waals surface area contributed by atoms with Crippen LogP contribution in [0.3, 0.4) is 0 Å². The molecule has 1 saturated carbocycles. The predicted molar refractivity (Wildman–Crippen MR) is 75.3 cm³/mol. The maximum atomic E-state index is 12.5. The molecule has 2 N–H and O–H groups in total. The molecule has 2 aliphatic rings. The average Bonchev–Trinajstić information content (AvgIpc) is 3.28. The number of hydrogen-bond acceptors (Lipinski definition) is 4. The van der Waals surface area contributed by atoms with E-state index in [1.165, 1.54) is 0 Å². The number of halogens is 2. The molecule has 1 aliphatic carbocycles. The molecule has 2 atom stereocenters. The third-order valence-electron chi connectivity index (χ3n) is 3.87. The number of hydrogen-bond donors (Lipinski definition) is 1. The van der Waals surface area contributed by atoms with Crippen LogP contribution < -0.4 is 10.6 Å². The van der Waals surface area contributed by atoms with Crippen molar-refractivity contribution in [2.45, 2.75) is 18.9 Å². The first-order valence-corrected chi connectivity index (χ1v) is 7.03. The molecule has 21 heavy (non-hydrogen) atoms. The summed E-state index contributed by atoms with van der Waals surface area (Å²) in [6, 6.07) is 1.47. The summed E-state index contributed by atoms with van der Waals surface area (Å²) < 4.78 is 24.9. The molecule has 0 radical (unpaired) electrons. The Balaban J connectivity index is 1.53. The third-order valence-corrected chi connectivity index (χ3v) is 3.87. The summed E-state index contributed by atoms with van der Waals surface area (Å²) in [5.74, 6) is 0.465. The van der Waals surface area contributed by atoms with E-state index in [0.717, 1.165) is 13.1 Å². The number of nitrogens with two attached hydrogens (primary N) is 1. The molecule has 0 aromatic carbocycles. The van der Waals surface area contributed by atoms with Gasteiger partial charge in [0.15, 0.2) is 5.96 Å². The van der Waals surface area contributed by atoms with E-state index in [9.17, 15) is 8.78 Å². The van der Waals surface area contributed by atoms with Gasteiger partial charge in [0.2, 0.25) is 12.4 Å². The SMILES string of the molecule is NC(=N[C@H]1C[C@@H]1C(F)F)N1CCN(c2ncccn2)CC1. The van der Waals surface area contributed by atoms with Crippen molar-refractivity contribution in [1.29, 1.82) is 0 Å². The zero-order chi connectivity index (χ0) is 14.8. The minimum Gasteiger partial charge on any atom is -0.370 e. The Morgan fingerprint density at radius 3 is 2.48 bits per heavy atom. The maximum absolute atomic E-state index is 12.5. The van der Waals surface area contributed by atoms with Crippen molar-refractivity contribution in [1.82, 2.24) is 14.9 Å². The monoisotopic (exact) mass is 296 g/mol. The lowest BCUT2D eigenvalue weighted by molar-refractivity contribution is 0.121. The molecule has 0 amide bonds. The second kappa shape index (κ2) is 5.79. The van der Waals surface area contributed by atoms with Crippen LogP contribution >= 0.6 is 0 Å². The predicted octanol–water partition coefficient (Wildman–Crippen LogP) is 0.567. The van der Waals surface area contributed by atoms with Gasteiger partial charge < -0.3 is 15.5 Å². The van der Waals surface area contributed by atoms with Gasteiger partial charge in [-0.15, -0.1) is 0 Å². The van der Waals surface area contributed by atoms with E-state index >= 15 is 0 Å². The zero-order valence-corrected chi connectivity index (χ0v) is 11.6. The largest absolute Gasteiger partial charge is 0.370 e. The van der Waals surface area contributed by atoms with Crippen LogP contribution in [-0.4, -0.2) is 59.5 Å². The molecule has 1 aromatic rings. The molecule has 6 nitrogen and oxygen atoms in total. The molecule has 0 spiro atoms.